The van der Waals surface area contributed by atoms with Gasteiger partial charge in [-0.05, 0) is 47.0 Å². The molecular formula is C28H20F3N3O7. The lowest BCUT2D eigenvalue weighted by Gasteiger charge is -2.17. The molecule has 0 saturated heterocycles. The Bertz CT molecular complexity index is 1670. The molecule has 0 radical (unpaired) electrons. The van der Waals surface area contributed by atoms with Gasteiger partial charge in [0.25, 0.3) is 11.6 Å². The van der Waals surface area contributed by atoms with E-state index in [1.807, 2.05) is 0 Å². The van der Waals surface area contributed by atoms with Gasteiger partial charge < -0.3 is 15.2 Å². The monoisotopic (exact) mass is 567 g/mol. The molecule has 1 atom stereocenters. The second kappa shape index (κ2) is 11.4. The van der Waals surface area contributed by atoms with E-state index in [1.54, 1.807) is 0 Å². The van der Waals surface area contributed by atoms with Gasteiger partial charge >= 0.3 is 18.1 Å². The maximum atomic E-state index is 13.2. The molecule has 1 heterocycles. The fourth-order valence-electron chi connectivity index (χ4n) is 4.13. The number of pyridine rings is 1. The Morgan fingerprint density at radius 2 is 1.71 bits per heavy atom. The molecule has 210 valence electrons. The first-order chi connectivity index (χ1) is 19.4. The van der Waals surface area contributed by atoms with E-state index in [0.717, 1.165) is 25.3 Å². The number of hydrogen-bond donors (Lipinski definition) is 2. The Labute approximate surface area is 229 Å². The average Bonchev–Trinajstić information content (AvgIpc) is 2.95. The maximum absolute atomic E-state index is 13.2. The third-order valence-electron chi connectivity index (χ3n) is 6.17. The fourth-order valence-corrected chi connectivity index (χ4v) is 4.13. The molecule has 3 aromatic carbocycles. The number of non-ortho nitro benzene ring substituents is 1. The van der Waals surface area contributed by atoms with Gasteiger partial charge in [0.05, 0.1) is 28.7 Å². The lowest BCUT2D eigenvalue weighted by atomic mass is 9.98. The summed E-state index contributed by atoms with van der Waals surface area (Å²) in [6.07, 6.45) is -4.65. The lowest BCUT2D eigenvalue weighted by molar-refractivity contribution is -0.384. The van der Waals surface area contributed by atoms with Crippen LogP contribution < -0.4 is 5.32 Å². The van der Waals surface area contributed by atoms with Crippen molar-refractivity contribution in [1.29, 1.82) is 0 Å². The summed E-state index contributed by atoms with van der Waals surface area (Å²) in [5, 5.41) is 23.3. The number of alkyl halides is 3. The van der Waals surface area contributed by atoms with Gasteiger partial charge in [-0.1, -0.05) is 30.3 Å². The van der Waals surface area contributed by atoms with Crippen molar-refractivity contribution in [2.75, 3.05) is 7.11 Å². The van der Waals surface area contributed by atoms with Crippen molar-refractivity contribution in [3.63, 3.8) is 0 Å². The number of carboxylic acid groups (broad SMARTS) is 1. The number of nitro groups is 1. The standard InChI is InChI=1S/C28H20F3N3O7/c1-41-27(38)24(11-15-5-8-19(9-6-15)34(39)40)33-25(35)23-14-21(26(36)37)20-13-17(7-10-22(20)32-23)16-3-2-4-18(12-16)28(29,30)31/h2-10,12-14,24H,11H2,1H3,(H,33,35)(H,36,37)/t24-/m0/s1. The average molecular weight is 567 g/mol. The van der Waals surface area contributed by atoms with Crippen molar-refractivity contribution in [3.05, 3.63) is 105 Å². The van der Waals surface area contributed by atoms with Crippen LogP contribution in [0.3, 0.4) is 0 Å². The lowest BCUT2D eigenvalue weighted by Crippen LogP contribution is -2.43. The Kier molecular flexibility index (Phi) is 7.99. The second-order valence-corrected chi connectivity index (χ2v) is 8.85. The van der Waals surface area contributed by atoms with Crippen molar-refractivity contribution in [2.45, 2.75) is 18.6 Å². The normalized spacial score (nSPS) is 12.0. The van der Waals surface area contributed by atoms with E-state index in [-0.39, 0.29) is 39.8 Å². The van der Waals surface area contributed by atoms with E-state index in [4.69, 9.17) is 4.74 Å². The van der Waals surface area contributed by atoms with Crippen molar-refractivity contribution < 1.29 is 42.3 Å². The predicted octanol–water partition coefficient (Wildman–Crippen LogP) is 5.04. The highest BCUT2D eigenvalue weighted by Crippen LogP contribution is 2.33. The number of ether oxygens (including phenoxy) is 1. The van der Waals surface area contributed by atoms with Crippen LogP contribution in [0.1, 0.15) is 32.0 Å². The molecule has 4 rings (SSSR count). The summed E-state index contributed by atoms with van der Waals surface area (Å²) in [7, 11) is 1.11. The SMILES string of the molecule is COC(=O)[C@H](Cc1ccc([N+](=O)[O-])cc1)NC(=O)c1cc(C(=O)O)c2cc(-c3cccc(C(F)(F)F)c3)ccc2n1. The number of aromatic carboxylic acids is 1. The Hall–Kier alpha value is -5.33. The molecule has 0 bridgehead atoms. The van der Waals surface area contributed by atoms with E-state index >= 15 is 0 Å². The van der Waals surface area contributed by atoms with Crippen LogP contribution in [-0.4, -0.2) is 46.0 Å². The number of methoxy groups -OCH3 is 1. The minimum Gasteiger partial charge on any atom is -0.478 e. The summed E-state index contributed by atoms with van der Waals surface area (Å²) >= 11 is 0. The molecule has 4 aromatic rings. The Balaban J connectivity index is 1.66. The molecule has 0 spiro atoms. The highest BCUT2D eigenvalue weighted by atomic mass is 19.4. The van der Waals surface area contributed by atoms with Crippen molar-refractivity contribution in [1.82, 2.24) is 10.3 Å². The van der Waals surface area contributed by atoms with Crippen LogP contribution in [0.15, 0.2) is 72.8 Å². The Morgan fingerprint density at radius 3 is 2.32 bits per heavy atom. The molecular weight excluding hydrogens is 547 g/mol. The van der Waals surface area contributed by atoms with Crippen LogP contribution >= 0.6 is 0 Å². The van der Waals surface area contributed by atoms with Crippen LogP contribution in [0.4, 0.5) is 18.9 Å². The third-order valence-corrected chi connectivity index (χ3v) is 6.17. The number of hydrogen-bond acceptors (Lipinski definition) is 7. The van der Waals surface area contributed by atoms with Gasteiger partial charge in [0, 0.05) is 23.9 Å². The van der Waals surface area contributed by atoms with Crippen LogP contribution in [0.5, 0.6) is 0 Å². The van der Waals surface area contributed by atoms with Gasteiger partial charge in [-0.3, -0.25) is 14.9 Å². The summed E-state index contributed by atoms with van der Waals surface area (Å²) in [6, 6.07) is 13.8. The third kappa shape index (κ3) is 6.46. The van der Waals surface area contributed by atoms with E-state index < -0.39 is 40.6 Å². The number of carboxylic acids is 1. The molecule has 1 amide bonds. The molecule has 0 aliphatic rings. The molecule has 10 nitrogen and oxygen atoms in total. The highest BCUT2D eigenvalue weighted by molar-refractivity contribution is 6.07. The predicted molar refractivity (Wildman–Crippen MR) is 139 cm³/mol. The van der Waals surface area contributed by atoms with Gasteiger partial charge in [-0.25, -0.2) is 14.6 Å². The first-order valence-corrected chi connectivity index (χ1v) is 11.8. The number of halogens is 3. The molecule has 0 aliphatic carbocycles. The summed E-state index contributed by atoms with van der Waals surface area (Å²) < 4.78 is 44.3. The van der Waals surface area contributed by atoms with E-state index in [1.165, 1.54) is 54.6 Å². The summed E-state index contributed by atoms with van der Waals surface area (Å²) in [5.41, 5.74) is -0.635. The summed E-state index contributed by atoms with van der Waals surface area (Å²) in [4.78, 5) is 52.0. The summed E-state index contributed by atoms with van der Waals surface area (Å²) in [5.74, 6) is -3.13. The number of nitrogens with zero attached hydrogens (tertiary/aromatic N) is 2. The topological polar surface area (TPSA) is 149 Å². The van der Waals surface area contributed by atoms with Gasteiger partial charge in [0.15, 0.2) is 0 Å². The van der Waals surface area contributed by atoms with E-state index in [0.29, 0.717) is 11.1 Å². The van der Waals surface area contributed by atoms with Crippen LogP contribution in [0, 0.1) is 10.1 Å². The largest absolute Gasteiger partial charge is 0.478 e. The van der Waals surface area contributed by atoms with Gasteiger partial charge in [0.2, 0.25) is 0 Å². The minimum atomic E-state index is -4.57. The number of nitrogens with one attached hydrogen (secondary N) is 1. The van der Waals surface area contributed by atoms with Gasteiger partial charge in [-0.15, -0.1) is 0 Å². The molecule has 0 fully saturated rings. The molecule has 2 N–H and O–H groups in total. The van der Waals surface area contributed by atoms with Gasteiger partial charge in [0.1, 0.15) is 11.7 Å². The van der Waals surface area contributed by atoms with Crippen molar-refractivity contribution in [3.8, 4) is 11.1 Å². The maximum Gasteiger partial charge on any atom is 0.416 e. The molecule has 13 heteroatoms. The number of amides is 1. The molecule has 0 aliphatic heterocycles. The van der Waals surface area contributed by atoms with E-state index in [9.17, 15) is 42.8 Å². The number of esters is 1. The minimum absolute atomic E-state index is 0.0794. The van der Waals surface area contributed by atoms with Crippen LogP contribution in [-0.2, 0) is 22.1 Å². The van der Waals surface area contributed by atoms with Crippen LogP contribution in [0.25, 0.3) is 22.0 Å². The smallest absolute Gasteiger partial charge is 0.416 e. The van der Waals surface area contributed by atoms with Gasteiger partial charge in [-0.2, -0.15) is 13.2 Å². The number of nitro benzene ring substituents is 1. The zero-order chi connectivity index (χ0) is 29.9. The number of benzene rings is 3. The second-order valence-electron chi connectivity index (χ2n) is 8.85. The fraction of sp³-hybridized carbons (Fsp3) is 0.143. The van der Waals surface area contributed by atoms with Crippen molar-refractivity contribution in [2.24, 2.45) is 0 Å². The number of carbonyl (C=O) groups is 3. The number of fused-ring (bicyclic) bond motifs is 1. The molecule has 0 unspecified atom stereocenters. The highest BCUT2D eigenvalue weighted by Gasteiger charge is 2.30. The first-order valence-electron chi connectivity index (χ1n) is 11.8. The quantitative estimate of drug-likeness (QED) is 0.171. The summed E-state index contributed by atoms with van der Waals surface area (Å²) in [6.45, 7) is 0. The van der Waals surface area contributed by atoms with Crippen LogP contribution in [0.2, 0.25) is 0 Å². The zero-order valence-electron chi connectivity index (χ0n) is 21.1. The molecule has 1 aromatic heterocycles. The number of aromatic nitrogens is 1. The zero-order valence-corrected chi connectivity index (χ0v) is 21.1. The molecule has 0 saturated carbocycles. The molecule has 41 heavy (non-hydrogen) atoms. The number of carbonyl (C=O) groups excluding carboxylic acids is 2. The first kappa shape index (κ1) is 28.7. The van der Waals surface area contributed by atoms with E-state index in [2.05, 4.69) is 10.3 Å². The number of rotatable bonds is 8. The van der Waals surface area contributed by atoms with Crippen molar-refractivity contribution >= 4 is 34.4 Å². The Morgan fingerprint density at radius 1 is 1.02 bits per heavy atom.